The van der Waals surface area contributed by atoms with Crippen LogP contribution in [0.1, 0.15) is 25.0 Å². The van der Waals surface area contributed by atoms with Crippen LogP contribution >= 0.6 is 0 Å². The van der Waals surface area contributed by atoms with Crippen molar-refractivity contribution < 1.29 is 0 Å². The smallest absolute Gasteiger partial charge is 0.0409 e. The Morgan fingerprint density at radius 1 is 1.21 bits per heavy atom. The van der Waals surface area contributed by atoms with E-state index in [1.165, 1.54) is 16.7 Å². The van der Waals surface area contributed by atoms with E-state index in [2.05, 4.69) is 55.0 Å². The number of hydrogen-bond donors (Lipinski definition) is 1. The molecule has 104 valence electrons. The molecule has 0 atom stereocenters. The summed E-state index contributed by atoms with van der Waals surface area (Å²) in [5.41, 5.74) is 4.82. The van der Waals surface area contributed by atoms with Gasteiger partial charge < -0.3 is 5.32 Å². The van der Waals surface area contributed by atoms with Crippen molar-refractivity contribution in [3.05, 3.63) is 59.3 Å². The van der Waals surface area contributed by atoms with Gasteiger partial charge in [0.1, 0.15) is 0 Å². The molecule has 1 N–H and O–H groups in total. The van der Waals surface area contributed by atoms with E-state index in [0.29, 0.717) is 0 Å². The fourth-order valence-electron chi connectivity index (χ4n) is 1.28. The summed E-state index contributed by atoms with van der Waals surface area (Å²) in [7, 11) is 1.77. The van der Waals surface area contributed by atoms with Crippen LogP contribution in [0, 0.1) is 13.8 Å². The minimum Gasteiger partial charge on any atom is -0.385 e. The first-order valence-corrected chi connectivity index (χ1v) is 6.49. The Balaban J connectivity index is 0.000000356. The molecule has 0 unspecified atom stereocenters. The molecule has 2 nitrogen and oxygen atoms in total. The molecular formula is C17H26N2. The molecule has 0 aromatic heterocycles. The van der Waals surface area contributed by atoms with Gasteiger partial charge in [-0.2, -0.15) is 0 Å². The zero-order valence-electron chi connectivity index (χ0n) is 12.8. The van der Waals surface area contributed by atoms with E-state index in [9.17, 15) is 0 Å². The van der Waals surface area contributed by atoms with Crippen LogP contribution in [0.15, 0.2) is 53.2 Å². The van der Waals surface area contributed by atoms with Gasteiger partial charge >= 0.3 is 0 Å². The van der Waals surface area contributed by atoms with Gasteiger partial charge in [-0.15, -0.1) is 0 Å². The van der Waals surface area contributed by atoms with Crippen molar-refractivity contribution in [3.8, 4) is 0 Å². The van der Waals surface area contributed by atoms with Gasteiger partial charge in [0, 0.05) is 25.5 Å². The van der Waals surface area contributed by atoms with Crippen molar-refractivity contribution in [1.29, 1.82) is 0 Å². The zero-order valence-corrected chi connectivity index (χ0v) is 12.8. The molecule has 0 saturated heterocycles. The fraction of sp³-hybridized carbons (Fsp3) is 0.353. The maximum atomic E-state index is 3.92. The molecule has 1 rings (SSSR count). The number of nitrogens with one attached hydrogen (secondary N) is 1. The average Bonchev–Trinajstić information content (AvgIpc) is 2.38. The number of aliphatic imine (C=N–C) groups is 1. The number of rotatable bonds is 4. The highest BCUT2D eigenvalue weighted by Crippen LogP contribution is 1.99. The molecule has 19 heavy (non-hydrogen) atoms. The standard InChI is InChI=1S/C9H16N2.C8H10/c1-5-9(6-10-4)7-11-8(2)3;1-7-3-5-8(2)6-4-7/h5-6,11H,2,7H2,1,3-4H3;3-6H,1-2H3/b9-5+,10-6?;. The Hall–Kier alpha value is -1.83. The molecule has 0 aliphatic heterocycles. The highest BCUT2D eigenvalue weighted by Gasteiger charge is 1.89. The average molecular weight is 258 g/mol. The van der Waals surface area contributed by atoms with E-state index in [1.807, 2.05) is 26.1 Å². The van der Waals surface area contributed by atoms with Crippen LogP contribution in [0.5, 0.6) is 0 Å². The van der Waals surface area contributed by atoms with Gasteiger partial charge in [-0.1, -0.05) is 48.0 Å². The third kappa shape index (κ3) is 9.83. The van der Waals surface area contributed by atoms with Crippen molar-refractivity contribution in [3.63, 3.8) is 0 Å². The maximum Gasteiger partial charge on any atom is 0.0409 e. The summed E-state index contributed by atoms with van der Waals surface area (Å²) >= 11 is 0. The topological polar surface area (TPSA) is 24.4 Å². The molecule has 0 heterocycles. The molecule has 2 heteroatoms. The van der Waals surface area contributed by atoms with Crippen LogP contribution in [-0.2, 0) is 0 Å². The number of allylic oxidation sites excluding steroid dienone is 2. The van der Waals surface area contributed by atoms with E-state index in [4.69, 9.17) is 0 Å². The molecule has 1 aromatic rings. The highest BCUT2D eigenvalue weighted by molar-refractivity contribution is 5.78. The van der Waals surface area contributed by atoms with E-state index in [0.717, 1.165) is 12.2 Å². The normalized spacial score (nSPS) is 10.9. The highest BCUT2D eigenvalue weighted by atomic mass is 14.9. The molecular weight excluding hydrogens is 232 g/mol. The van der Waals surface area contributed by atoms with Crippen molar-refractivity contribution in [1.82, 2.24) is 5.32 Å². The van der Waals surface area contributed by atoms with Crippen molar-refractivity contribution in [2.24, 2.45) is 4.99 Å². The fourth-order valence-corrected chi connectivity index (χ4v) is 1.28. The predicted octanol–water partition coefficient (Wildman–Crippen LogP) is 4.06. The van der Waals surface area contributed by atoms with Crippen LogP contribution in [0.25, 0.3) is 0 Å². The van der Waals surface area contributed by atoms with E-state index >= 15 is 0 Å². The first kappa shape index (κ1) is 17.2. The number of aryl methyl sites for hydroxylation is 2. The Labute approximate surface area is 118 Å². The second kappa shape index (κ2) is 10.1. The van der Waals surface area contributed by atoms with Crippen molar-refractivity contribution >= 4 is 6.21 Å². The van der Waals surface area contributed by atoms with Gasteiger partial charge in [0.2, 0.25) is 0 Å². The summed E-state index contributed by atoms with van der Waals surface area (Å²) in [5.74, 6) is 0. The third-order valence-electron chi connectivity index (χ3n) is 2.48. The monoisotopic (exact) mass is 258 g/mol. The molecule has 0 bridgehead atoms. The third-order valence-corrected chi connectivity index (χ3v) is 2.48. The van der Waals surface area contributed by atoms with Crippen molar-refractivity contribution in [2.75, 3.05) is 13.6 Å². The predicted molar refractivity (Wildman–Crippen MR) is 86.9 cm³/mol. The Morgan fingerprint density at radius 3 is 2.00 bits per heavy atom. The van der Waals surface area contributed by atoms with Crippen LogP contribution < -0.4 is 5.32 Å². The van der Waals surface area contributed by atoms with E-state index in [1.54, 1.807) is 7.05 Å². The summed E-state index contributed by atoms with van der Waals surface area (Å²) in [6.45, 7) is 12.7. The van der Waals surface area contributed by atoms with Gasteiger partial charge in [0.05, 0.1) is 0 Å². The number of nitrogens with zero attached hydrogens (tertiary/aromatic N) is 1. The lowest BCUT2D eigenvalue weighted by Crippen LogP contribution is -2.14. The van der Waals surface area contributed by atoms with Crippen LogP contribution in [0.2, 0.25) is 0 Å². The lowest BCUT2D eigenvalue weighted by Gasteiger charge is -2.03. The van der Waals surface area contributed by atoms with Gasteiger partial charge in [-0.05, 0) is 33.3 Å². The largest absolute Gasteiger partial charge is 0.385 e. The number of hydrogen-bond acceptors (Lipinski definition) is 2. The molecule has 0 saturated carbocycles. The number of benzene rings is 1. The molecule has 0 aliphatic carbocycles. The molecule has 0 aliphatic rings. The summed E-state index contributed by atoms with van der Waals surface area (Å²) < 4.78 is 0. The van der Waals surface area contributed by atoms with Gasteiger partial charge in [0.15, 0.2) is 0 Å². The van der Waals surface area contributed by atoms with Crippen LogP contribution in [0.4, 0.5) is 0 Å². The van der Waals surface area contributed by atoms with Crippen LogP contribution in [0.3, 0.4) is 0 Å². The first-order valence-electron chi connectivity index (χ1n) is 6.49. The minimum atomic E-state index is 0.809. The molecule has 1 aromatic carbocycles. The Morgan fingerprint density at radius 2 is 1.68 bits per heavy atom. The van der Waals surface area contributed by atoms with Gasteiger partial charge in [-0.3, -0.25) is 4.99 Å². The van der Waals surface area contributed by atoms with Gasteiger partial charge in [-0.25, -0.2) is 0 Å². The summed E-state index contributed by atoms with van der Waals surface area (Å²) in [5, 5.41) is 3.13. The summed E-state index contributed by atoms with van der Waals surface area (Å²) in [6.07, 6.45) is 3.87. The lowest BCUT2D eigenvalue weighted by atomic mass is 10.2. The minimum absolute atomic E-state index is 0.809. The molecule has 0 radical (unpaired) electrons. The zero-order chi connectivity index (χ0) is 14.7. The second-order valence-corrected chi connectivity index (χ2v) is 4.54. The second-order valence-electron chi connectivity index (χ2n) is 4.54. The van der Waals surface area contributed by atoms with Gasteiger partial charge in [0.25, 0.3) is 0 Å². The molecule has 0 fully saturated rings. The Kier molecular flexibility index (Phi) is 9.15. The quantitative estimate of drug-likeness (QED) is 0.809. The van der Waals surface area contributed by atoms with Crippen molar-refractivity contribution in [2.45, 2.75) is 27.7 Å². The summed E-state index contributed by atoms with van der Waals surface area (Å²) in [6, 6.07) is 8.48. The first-order chi connectivity index (χ1) is 8.99. The SMILES string of the molecule is C=C(C)NC/C(C=NC)=C/C.Cc1ccc(C)cc1. The van der Waals surface area contributed by atoms with Crippen LogP contribution in [-0.4, -0.2) is 19.8 Å². The van der Waals surface area contributed by atoms with E-state index < -0.39 is 0 Å². The molecule has 0 spiro atoms. The molecule has 0 amide bonds. The summed E-state index contributed by atoms with van der Waals surface area (Å²) in [4.78, 5) is 3.92. The lowest BCUT2D eigenvalue weighted by molar-refractivity contribution is 0.895. The van der Waals surface area contributed by atoms with E-state index in [-0.39, 0.29) is 0 Å². The maximum absolute atomic E-state index is 3.92. The Bertz CT molecular complexity index is 404.